The minimum Gasteiger partial charge on any atom is -0.267 e. The lowest BCUT2D eigenvalue weighted by Gasteiger charge is -2.05. The van der Waals surface area contributed by atoms with Gasteiger partial charge in [-0.05, 0) is 47.5 Å². The largest absolute Gasteiger partial charge is 0.271 e. The molecule has 4 heteroatoms. The van der Waals surface area contributed by atoms with E-state index in [1.165, 1.54) is 18.2 Å². The molecule has 3 rings (SSSR count). The maximum absolute atomic E-state index is 13.1. The fourth-order valence-corrected chi connectivity index (χ4v) is 2.31. The zero-order valence-corrected chi connectivity index (χ0v) is 12.6. The van der Waals surface area contributed by atoms with Crippen LogP contribution in [0.2, 0.25) is 0 Å². The molecule has 0 aromatic heterocycles. The van der Waals surface area contributed by atoms with Gasteiger partial charge in [-0.25, -0.2) is 9.82 Å². The Morgan fingerprint density at radius 1 is 0.913 bits per heavy atom. The third-order valence-corrected chi connectivity index (χ3v) is 3.58. The summed E-state index contributed by atoms with van der Waals surface area (Å²) in [5.74, 6) is -0.891. The van der Waals surface area contributed by atoms with Gasteiger partial charge in [0, 0.05) is 5.56 Å². The lowest BCUT2D eigenvalue weighted by atomic mass is 10.0. The van der Waals surface area contributed by atoms with Crippen molar-refractivity contribution in [3.05, 3.63) is 83.7 Å². The maximum atomic E-state index is 13.1. The van der Waals surface area contributed by atoms with Crippen LogP contribution in [0, 0.1) is 5.82 Å². The van der Waals surface area contributed by atoms with E-state index in [0.29, 0.717) is 5.71 Å². The highest BCUT2D eigenvalue weighted by molar-refractivity contribution is 6.03. The van der Waals surface area contributed by atoms with Gasteiger partial charge in [0.1, 0.15) is 5.82 Å². The quantitative estimate of drug-likeness (QED) is 0.573. The fraction of sp³-hybridized carbons (Fsp3) is 0.0526. The Kier molecular flexibility index (Phi) is 4.15. The summed E-state index contributed by atoms with van der Waals surface area (Å²) >= 11 is 0. The van der Waals surface area contributed by atoms with E-state index in [4.69, 9.17) is 0 Å². The van der Waals surface area contributed by atoms with Gasteiger partial charge in [-0.2, -0.15) is 5.10 Å². The summed E-state index contributed by atoms with van der Waals surface area (Å²) in [5.41, 5.74) is 4.29. The molecule has 3 nitrogen and oxygen atoms in total. The van der Waals surface area contributed by atoms with Crippen LogP contribution in [0.3, 0.4) is 0 Å². The first-order chi connectivity index (χ1) is 11.1. The van der Waals surface area contributed by atoms with E-state index in [0.717, 1.165) is 16.3 Å². The van der Waals surface area contributed by atoms with Gasteiger partial charge in [0.15, 0.2) is 0 Å². The molecule has 0 heterocycles. The molecule has 0 atom stereocenters. The zero-order chi connectivity index (χ0) is 16.2. The number of nitrogens with zero attached hydrogens (tertiary/aromatic N) is 1. The van der Waals surface area contributed by atoms with Crippen LogP contribution in [0.25, 0.3) is 10.8 Å². The van der Waals surface area contributed by atoms with Crippen LogP contribution in [0.4, 0.5) is 4.39 Å². The molecule has 114 valence electrons. The first kappa shape index (κ1) is 14.9. The highest BCUT2D eigenvalue weighted by atomic mass is 19.1. The molecular weight excluding hydrogens is 291 g/mol. The topological polar surface area (TPSA) is 41.5 Å². The van der Waals surface area contributed by atoms with Crippen LogP contribution in [-0.2, 0) is 0 Å². The minimum absolute atomic E-state index is 0.236. The second-order valence-electron chi connectivity index (χ2n) is 5.21. The molecule has 0 spiro atoms. The number of benzene rings is 3. The van der Waals surface area contributed by atoms with Crippen molar-refractivity contribution in [3.8, 4) is 0 Å². The molecule has 1 N–H and O–H groups in total. The molecule has 0 aliphatic heterocycles. The Morgan fingerprint density at radius 3 is 2.48 bits per heavy atom. The number of nitrogens with one attached hydrogen (secondary N) is 1. The smallest absolute Gasteiger partial charge is 0.267 e. The van der Waals surface area contributed by atoms with Gasteiger partial charge in [0.25, 0.3) is 5.91 Å². The molecule has 0 bridgehead atoms. The average Bonchev–Trinajstić information content (AvgIpc) is 2.59. The molecule has 0 saturated heterocycles. The lowest BCUT2D eigenvalue weighted by Crippen LogP contribution is -2.19. The summed E-state index contributed by atoms with van der Waals surface area (Å²) in [6, 6.07) is 19.5. The molecule has 23 heavy (non-hydrogen) atoms. The molecule has 3 aromatic rings. The van der Waals surface area contributed by atoms with Crippen LogP contribution in [0.15, 0.2) is 71.8 Å². The Hall–Kier alpha value is -3.01. The second kappa shape index (κ2) is 6.40. The number of hydrazone groups is 1. The second-order valence-corrected chi connectivity index (χ2v) is 5.21. The number of fused-ring (bicyclic) bond motifs is 1. The standard InChI is InChI=1S/C19H15FN2O/c1-13(15-10-9-14-5-2-3-6-16(14)11-15)21-22-19(23)17-7-4-8-18(20)12-17/h2-12H,1H3,(H,22,23)/b21-13-. The van der Waals surface area contributed by atoms with Crippen molar-refractivity contribution in [1.82, 2.24) is 5.43 Å². The van der Waals surface area contributed by atoms with Gasteiger partial charge in [-0.15, -0.1) is 0 Å². The Bertz CT molecular complexity index is 903. The van der Waals surface area contributed by atoms with E-state index in [2.05, 4.69) is 10.5 Å². The summed E-state index contributed by atoms with van der Waals surface area (Å²) in [6.45, 7) is 1.82. The van der Waals surface area contributed by atoms with E-state index in [1.54, 1.807) is 6.07 Å². The van der Waals surface area contributed by atoms with Crippen LogP contribution >= 0.6 is 0 Å². The van der Waals surface area contributed by atoms with Crippen molar-refractivity contribution < 1.29 is 9.18 Å². The molecule has 0 aliphatic rings. The summed E-state index contributed by atoms with van der Waals surface area (Å²) in [6.07, 6.45) is 0. The Morgan fingerprint density at radius 2 is 1.70 bits per heavy atom. The van der Waals surface area contributed by atoms with Crippen LogP contribution in [0.1, 0.15) is 22.8 Å². The summed E-state index contributed by atoms with van der Waals surface area (Å²) < 4.78 is 13.1. The van der Waals surface area contributed by atoms with E-state index in [1.807, 2.05) is 49.4 Å². The molecule has 0 fully saturated rings. The molecule has 0 aliphatic carbocycles. The fourth-order valence-electron chi connectivity index (χ4n) is 2.31. The molecule has 0 saturated carbocycles. The molecule has 1 amide bonds. The predicted molar refractivity (Wildman–Crippen MR) is 90.0 cm³/mol. The number of amides is 1. The van der Waals surface area contributed by atoms with E-state index >= 15 is 0 Å². The van der Waals surface area contributed by atoms with E-state index in [9.17, 15) is 9.18 Å². The molecule has 3 aromatic carbocycles. The van der Waals surface area contributed by atoms with Gasteiger partial charge in [0.2, 0.25) is 0 Å². The van der Waals surface area contributed by atoms with Crippen molar-refractivity contribution >= 4 is 22.4 Å². The number of carbonyl (C=O) groups is 1. The summed E-state index contributed by atoms with van der Waals surface area (Å²) in [5, 5.41) is 6.36. The summed E-state index contributed by atoms with van der Waals surface area (Å²) in [7, 11) is 0. The third kappa shape index (κ3) is 3.43. The van der Waals surface area contributed by atoms with Crippen molar-refractivity contribution in [2.75, 3.05) is 0 Å². The highest BCUT2D eigenvalue weighted by Gasteiger charge is 2.06. The van der Waals surface area contributed by atoms with E-state index < -0.39 is 11.7 Å². The maximum Gasteiger partial charge on any atom is 0.271 e. The first-order valence-corrected chi connectivity index (χ1v) is 7.23. The number of hydrogen-bond acceptors (Lipinski definition) is 2. The van der Waals surface area contributed by atoms with Gasteiger partial charge >= 0.3 is 0 Å². The normalized spacial score (nSPS) is 11.5. The van der Waals surface area contributed by atoms with Crippen molar-refractivity contribution in [2.45, 2.75) is 6.92 Å². The van der Waals surface area contributed by atoms with Crippen LogP contribution in [-0.4, -0.2) is 11.6 Å². The van der Waals surface area contributed by atoms with Gasteiger partial charge in [-0.1, -0.05) is 42.5 Å². The van der Waals surface area contributed by atoms with Crippen LogP contribution < -0.4 is 5.43 Å². The number of rotatable bonds is 3. The number of hydrogen-bond donors (Lipinski definition) is 1. The number of carbonyl (C=O) groups excluding carboxylic acids is 1. The molecule has 0 radical (unpaired) electrons. The Labute approximate surface area is 133 Å². The SMILES string of the molecule is C/C(=N/NC(=O)c1cccc(F)c1)c1ccc2ccccc2c1. The van der Waals surface area contributed by atoms with Crippen molar-refractivity contribution in [1.29, 1.82) is 0 Å². The van der Waals surface area contributed by atoms with Gasteiger partial charge < -0.3 is 0 Å². The highest BCUT2D eigenvalue weighted by Crippen LogP contribution is 2.16. The molecule has 0 unspecified atom stereocenters. The number of halogens is 1. The lowest BCUT2D eigenvalue weighted by molar-refractivity contribution is 0.0954. The first-order valence-electron chi connectivity index (χ1n) is 7.23. The minimum atomic E-state index is -0.451. The van der Waals surface area contributed by atoms with Crippen LogP contribution in [0.5, 0.6) is 0 Å². The Balaban J connectivity index is 1.79. The van der Waals surface area contributed by atoms with E-state index in [-0.39, 0.29) is 5.56 Å². The van der Waals surface area contributed by atoms with Gasteiger partial charge in [-0.3, -0.25) is 4.79 Å². The third-order valence-electron chi connectivity index (χ3n) is 3.58. The monoisotopic (exact) mass is 306 g/mol. The zero-order valence-electron chi connectivity index (χ0n) is 12.6. The van der Waals surface area contributed by atoms with Crippen molar-refractivity contribution in [3.63, 3.8) is 0 Å². The predicted octanol–water partition coefficient (Wildman–Crippen LogP) is 4.13. The molecular formula is C19H15FN2O. The van der Waals surface area contributed by atoms with Gasteiger partial charge in [0.05, 0.1) is 5.71 Å². The van der Waals surface area contributed by atoms with Crippen molar-refractivity contribution in [2.24, 2.45) is 5.10 Å². The summed E-state index contributed by atoms with van der Waals surface area (Å²) in [4.78, 5) is 12.0. The average molecular weight is 306 g/mol.